The van der Waals surface area contributed by atoms with Gasteiger partial charge in [-0.1, -0.05) is 0 Å². The second-order valence-electron chi connectivity index (χ2n) is 4.06. The van der Waals surface area contributed by atoms with E-state index in [9.17, 15) is 0 Å². The van der Waals surface area contributed by atoms with Gasteiger partial charge >= 0.3 is 0 Å². The smallest absolute Gasteiger partial charge is 0.176 e. The van der Waals surface area contributed by atoms with Crippen LogP contribution in [-0.2, 0) is 0 Å². The van der Waals surface area contributed by atoms with Gasteiger partial charge in [0.15, 0.2) is 5.82 Å². The third kappa shape index (κ3) is 2.48. The van der Waals surface area contributed by atoms with E-state index in [2.05, 4.69) is 27.3 Å². The van der Waals surface area contributed by atoms with Crippen molar-refractivity contribution in [2.75, 3.05) is 5.32 Å². The first-order valence-corrected chi connectivity index (χ1v) is 6.83. The molecule has 0 aromatic carbocycles. The summed E-state index contributed by atoms with van der Waals surface area (Å²) in [4.78, 5) is 8.69. The van der Waals surface area contributed by atoms with Gasteiger partial charge < -0.3 is 5.32 Å². The van der Waals surface area contributed by atoms with Crippen molar-refractivity contribution in [3.8, 4) is 5.82 Å². The Bertz CT molecular complexity index is 633. The first-order valence-electron chi connectivity index (χ1n) is 5.95. The summed E-state index contributed by atoms with van der Waals surface area (Å²) in [5, 5.41) is 10.7. The maximum Gasteiger partial charge on any atom is 0.176 e. The largest absolute Gasteiger partial charge is 0.373 e. The number of rotatable bonds is 4. The first kappa shape index (κ1) is 11.9. The van der Waals surface area contributed by atoms with Crippen LogP contribution >= 0.6 is 11.3 Å². The van der Waals surface area contributed by atoms with Gasteiger partial charge in [-0.2, -0.15) is 5.10 Å². The van der Waals surface area contributed by atoms with Crippen LogP contribution in [0.5, 0.6) is 0 Å². The Morgan fingerprint density at radius 2 is 2.16 bits per heavy atom. The molecule has 1 atom stereocenters. The number of hydrogen-bond donors (Lipinski definition) is 1. The van der Waals surface area contributed by atoms with Crippen LogP contribution in [0.1, 0.15) is 18.0 Å². The van der Waals surface area contributed by atoms with Crippen molar-refractivity contribution < 1.29 is 0 Å². The Morgan fingerprint density at radius 1 is 1.21 bits per heavy atom. The molecular formula is C13H13N5S. The number of hydrogen-bond acceptors (Lipinski definition) is 5. The third-order valence-corrected chi connectivity index (χ3v) is 3.66. The van der Waals surface area contributed by atoms with Crippen LogP contribution < -0.4 is 5.32 Å². The fourth-order valence-corrected chi connectivity index (χ4v) is 2.48. The highest BCUT2D eigenvalue weighted by molar-refractivity contribution is 7.09. The lowest BCUT2D eigenvalue weighted by Gasteiger charge is -2.15. The Kier molecular flexibility index (Phi) is 3.24. The van der Waals surface area contributed by atoms with E-state index < -0.39 is 0 Å². The molecule has 0 fully saturated rings. The summed E-state index contributed by atoms with van der Waals surface area (Å²) in [7, 11) is 0. The summed E-state index contributed by atoms with van der Waals surface area (Å²) in [5.74, 6) is 0.788. The monoisotopic (exact) mass is 271 g/mol. The molecule has 3 aromatic heterocycles. The molecule has 0 saturated carbocycles. The number of thiazole rings is 1. The Labute approximate surface area is 115 Å². The summed E-state index contributed by atoms with van der Waals surface area (Å²) >= 11 is 1.64. The minimum Gasteiger partial charge on any atom is -0.373 e. The average Bonchev–Trinajstić information content (AvgIpc) is 3.13. The van der Waals surface area contributed by atoms with Crippen LogP contribution in [0.3, 0.4) is 0 Å². The molecule has 0 saturated heterocycles. The summed E-state index contributed by atoms with van der Waals surface area (Å²) in [5.41, 5.74) is 0.939. The highest BCUT2D eigenvalue weighted by Crippen LogP contribution is 2.24. The highest BCUT2D eigenvalue weighted by atomic mass is 32.1. The molecule has 3 aromatic rings. The van der Waals surface area contributed by atoms with Gasteiger partial charge in [0, 0.05) is 30.2 Å². The average molecular weight is 271 g/mol. The molecule has 0 amide bonds. The summed E-state index contributed by atoms with van der Waals surface area (Å²) in [6, 6.07) is 5.92. The minimum atomic E-state index is 0.138. The molecule has 96 valence electrons. The second kappa shape index (κ2) is 5.19. The van der Waals surface area contributed by atoms with E-state index in [1.54, 1.807) is 28.4 Å². The van der Waals surface area contributed by atoms with Gasteiger partial charge in [-0.15, -0.1) is 11.3 Å². The maximum atomic E-state index is 4.38. The quantitative estimate of drug-likeness (QED) is 0.792. The summed E-state index contributed by atoms with van der Waals surface area (Å²) < 4.78 is 1.75. The van der Waals surface area contributed by atoms with Crippen LogP contribution in [0.15, 0.2) is 48.4 Å². The Morgan fingerprint density at radius 3 is 2.89 bits per heavy atom. The van der Waals surface area contributed by atoms with Crippen LogP contribution in [0, 0.1) is 0 Å². The number of anilines is 1. The van der Waals surface area contributed by atoms with Crippen LogP contribution in [0.25, 0.3) is 5.82 Å². The molecule has 0 aliphatic carbocycles. The molecule has 0 radical (unpaired) electrons. The maximum absolute atomic E-state index is 4.38. The summed E-state index contributed by atoms with van der Waals surface area (Å²) in [6.07, 6.45) is 7.19. The van der Waals surface area contributed by atoms with Gasteiger partial charge in [-0.3, -0.25) is 0 Å². The molecule has 0 spiro atoms. The SMILES string of the molecule is CC(Nc1cccnc1-n1cccn1)c1nccs1. The van der Waals surface area contributed by atoms with Crippen molar-refractivity contribution in [1.29, 1.82) is 0 Å². The molecule has 1 unspecified atom stereocenters. The fourth-order valence-electron chi connectivity index (χ4n) is 1.83. The zero-order valence-electron chi connectivity index (χ0n) is 10.4. The standard InChI is InChI=1S/C13H13N5S/c1-10(13-15-7-9-19-13)17-11-4-2-5-14-12(11)18-8-3-6-16-18/h2-10,17H,1H3. The predicted molar refractivity (Wildman–Crippen MR) is 75.5 cm³/mol. The molecule has 0 aliphatic heterocycles. The molecular weight excluding hydrogens is 258 g/mol. The van der Waals surface area contributed by atoms with E-state index in [4.69, 9.17) is 0 Å². The van der Waals surface area contributed by atoms with Crippen LogP contribution in [0.4, 0.5) is 5.69 Å². The molecule has 3 rings (SSSR count). The lowest BCUT2D eigenvalue weighted by molar-refractivity contribution is 0.826. The molecule has 6 heteroatoms. The summed E-state index contributed by atoms with van der Waals surface area (Å²) in [6.45, 7) is 2.08. The van der Waals surface area contributed by atoms with Gasteiger partial charge in [0.2, 0.25) is 0 Å². The number of nitrogens with one attached hydrogen (secondary N) is 1. The zero-order valence-corrected chi connectivity index (χ0v) is 11.2. The molecule has 0 bridgehead atoms. The number of pyridine rings is 1. The zero-order chi connectivity index (χ0) is 13.1. The van der Waals surface area contributed by atoms with E-state index in [0.717, 1.165) is 16.5 Å². The van der Waals surface area contributed by atoms with Gasteiger partial charge in [0.25, 0.3) is 0 Å². The van der Waals surface area contributed by atoms with Crippen molar-refractivity contribution in [3.05, 3.63) is 53.4 Å². The molecule has 1 N–H and O–H groups in total. The van der Waals surface area contributed by atoms with Crippen LogP contribution in [0.2, 0.25) is 0 Å². The molecule has 0 aliphatic rings. The van der Waals surface area contributed by atoms with Gasteiger partial charge in [0.1, 0.15) is 5.01 Å². The lowest BCUT2D eigenvalue weighted by atomic mass is 10.3. The molecule has 3 heterocycles. The fraction of sp³-hybridized carbons (Fsp3) is 0.154. The highest BCUT2D eigenvalue weighted by Gasteiger charge is 2.11. The minimum absolute atomic E-state index is 0.138. The third-order valence-electron chi connectivity index (χ3n) is 2.70. The molecule has 19 heavy (non-hydrogen) atoms. The topological polar surface area (TPSA) is 55.6 Å². The van der Waals surface area contributed by atoms with Crippen molar-refractivity contribution in [1.82, 2.24) is 19.7 Å². The Hall–Kier alpha value is -2.21. The molecule has 5 nitrogen and oxygen atoms in total. The van der Waals surface area contributed by atoms with E-state index in [1.165, 1.54) is 0 Å². The van der Waals surface area contributed by atoms with Crippen molar-refractivity contribution in [2.45, 2.75) is 13.0 Å². The van der Waals surface area contributed by atoms with E-state index in [-0.39, 0.29) is 6.04 Å². The second-order valence-corrected chi connectivity index (χ2v) is 4.99. The van der Waals surface area contributed by atoms with Gasteiger partial charge in [0.05, 0.1) is 11.7 Å². The normalized spacial score (nSPS) is 12.3. The van der Waals surface area contributed by atoms with Crippen LogP contribution in [-0.4, -0.2) is 19.7 Å². The lowest BCUT2D eigenvalue weighted by Crippen LogP contribution is -2.10. The van der Waals surface area contributed by atoms with Gasteiger partial charge in [-0.25, -0.2) is 14.6 Å². The van der Waals surface area contributed by atoms with Crippen molar-refractivity contribution in [3.63, 3.8) is 0 Å². The van der Waals surface area contributed by atoms with Crippen molar-refractivity contribution in [2.24, 2.45) is 0 Å². The van der Waals surface area contributed by atoms with E-state index >= 15 is 0 Å². The van der Waals surface area contributed by atoms with Gasteiger partial charge in [-0.05, 0) is 25.1 Å². The number of aromatic nitrogens is 4. The number of nitrogens with zero attached hydrogens (tertiary/aromatic N) is 4. The Balaban J connectivity index is 1.89. The van der Waals surface area contributed by atoms with Crippen molar-refractivity contribution >= 4 is 17.0 Å². The van der Waals surface area contributed by atoms with E-state index in [0.29, 0.717) is 0 Å². The first-order chi connectivity index (χ1) is 9.34. The predicted octanol–water partition coefficient (Wildman–Crippen LogP) is 2.90. The van der Waals surface area contributed by atoms with E-state index in [1.807, 2.05) is 36.0 Å².